The highest BCUT2D eigenvalue weighted by molar-refractivity contribution is 6.74. The van der Waals surface area contributed by atoms with E-state index in [4.69, 9.17) is 14.7 Å². The van der Waals surface area contributed by atoms with Crippen LogP contribution >= 0.6 is 0 Å². The third-order valence-corrected chi connectivity index (χ3v) is 8.97. The van der Waals surface area contributed by atoms with Gasteiger partial charge in [-0.05, 0) is 29.2 Å². The van der Waals surface area contributed by atoms with E-state index in [1.54, 1.807) is 0 Å². The van der Waals surface area contributed by atoms with Crippen molar-refractivity contribution in [2.24, 2.45) is 5.11 Å². The highest BCUT2D eigenvalue weighted by Crippen LogP contribution is 2.36. The normalized spacial score (nSPS) is 14.8. The Morgan fingerprint density at radius 1 is 1.21 bits per heavy atom. The molecule has 0 aliphatic rings. The maximum atomic E-state index is 10.3. The second-order valence-corrected chi connectivity index (χ2v) is 12.2. The van der Waals surface area contributed by atoms with Gasteiger partial charge in [0.25, 0.3) is 0 Å². The molecule has 134 valence electrons. The molecule has 1 aromatic rings. The van der Waals surface area contributed by atoms with Crippen molar-refractivity contribution in [3.63, 3.8) is 0 Å². The summed E-state index contributed by atoms with van der Waals surface area (Å²) in [5.41, 5.74) is 9.75. The van der Waals surface area contributed by atoms with Gasteiger partial charge in [0, 0.05) is 4.91 Å². The lowest BCUT2D eigenvalue weighted by Crippen LogP contribution is -2.44. The van der Waals surface area contributed by atoms with Crippen molar-refractivity contribution in [3.8, 4) is 0 Å². The lowest BCUT2D eigenvalue weighted by atomic mass is 10.2. The van der Waals surface area contributed by atoms with Crippen LogP contribution in [0.3, 0.4) is 0 Å². The van der Waals surface area contributed by atoms with E-state index in [-0.39, 0.29) is 18.3 Å². The number of nitrogens with zero attached hydrogens (tertiary/aromatic N) is 3. The summed E-state index contributed by atoms with van der Waals surface area (Å²) >= 11 is 0. The van der Waals surface area contributed by atoms with Crippen LogP contribution in [0, 0.1) is 0 Å². The SMILES string of the molecule is CC(C)(C)[Si](C)(C)OC[C@H](O)[C@H](COCc1ccccc1)N=[N+]=[N-]. The van der Waals surface area contributed by atoms with Crippen LogP contribution in [0.25, 0.3) is 10.4 Å². The minimum absolute atomic E-state index is 0.0600. The molecule has 0 saturated carbocycles. The summed E-state index contributed by atoms with van der Waals surface area (Å²) in [7, 11) is -1.96. The van der Waals surface area contributed by atoms with Gasteiger partial charge in [0.15, 0.2) is 8.32 Å². The van der Waals surface area contributed by atoms with Crippen molar-refractivity contribution in [1.29, 1.82) is 0 Å². The van der Waals surface area contributed by atoms with Gasteiger partial charge in [-0.3, -0.25) is 0 Å². The molecule has 0 aliphatic heterocycles. The molecule has 2 atom stereocenters. The zero-order chi connectivity index (χ0) is 18.2. The molecule has 6 nitrogen and oxygen atoms in total. The van der Waals surface area contributed by atoms with Crippen molar-refractivity contribution in [3.05, 3.63) is 46.3 Å². The highest BCUT2D eigenvalue weighted by Gasteiger charge is 2.38. The average molecular weight is 352 g/mol. The summed E-state index contributed by atoms with van der Waals surface area (Å²) in [5.74, 6) is 0. The van der Waals surface area contributed by atoms with Crippen LogP contribution in [0.15, 0.2) is 35.4 Å². The van der Waals surface area contributed by atoms with Crippen LogP contribution in [0.1, 0.15) is 26.3 Å². The van der Waals surface area contributed by atoms with E-state index in [2.05, 4.69) is 43.9 Å². The largest absolute Gasteiger partial charge is 0.414 e. The lowest BCUT2D eigenvalue weighted by Gasteiger charge is -2.37. The Morgan fingerprint density at radius 2 is 1.83 bits per heavy atom. The summed E-state index contributed by atoms with van der Waals surface area (Å²) in [6.45, 7) is 11.4. The molecule has 0 unspecified atom stereocenters. The average Bonchev–Trinajstić information content (AvgIpc) is 2.52. The minimum Gasteiger partial charge on any atom is -0.414 e. The fraction of sp³-hybridized carbons (Fsp3) is 0.647. The molecule has 1 aromatic carbocycles. The van der Waals surface area contributed by atoms with E-state index in [9.17, 15) is 5.11 Å². The molecule has 0 aliphatic carbocycles. The van der Waals surface area contributed by atoms with Crippen LogP contribution in [0.5, 0.6) is 0 Å². The van der Waals surface area contributed by atoms with Gasteiger partial charge in [-0.15, -0.1) is 0 Å². The Bertz CT molecular complexity index is 540. The molecule has 1 N–H and O–H groups in total. The molecule has 1 rings (SSSR count). The van der Waals surface area contributed by atoms with Crippen molar-refractivity contribution >= 4 is 8.32 Å². The number of aliphatic hydroxyl groups is 1. The first-order valence-electron chi connectivity index (χ1n) is 8.15. The zero-order valence-electron chi connectivity index (χ0n) is 15.3. The van der Waals surface area contributed by atoms with E-state index < -0.39 is 20.5 Å². The number of hydrogen-bond donors (Lipinski definition) is 1. The first-order valence-corrected chi connectivity index (χ1v) is 11.1. The molecule has 0 spiro atoms. The molecule has 0 heterocycles. The third kappa shape index (κ3) is 6.63. The van der Waals surface area contributed by atoms with E-state index in [0.717, 1.165) is 5.56 Å². The number of benzene rings is 1. The predicted octanol–water partition coefficient (Wildman–Crippen LogP) is 4.26. The Morgan fingerprint density at radius 3 is 2.38 bits per heavy atom. The van der Waals surface area contributed by atoms with Crippen LogP contribution < -0.4 is 0 Å². The summed E-state index contributed by atoms with van der Waals surface area (Å²) in [4.78, 5) is 2.82. The molecule has 0 bridgehead atoms. The van der Waals surface area contributed by atoms with Crippen LogP contribution in [-0.4, -0.2) is 38.8 Å². The quantitative estimate of drug-likeness (QED) is 0.312. The van der Waals surface area contributed by atoms with Crippen molar-refractivity contribution in [1.82, 2.24) is 0 Å². The van der Waals surface area contributed by atoms with Gasteiger partial charge in [0.1, 0.15) is 0 Å². The van der Waals surface area contributed by atoms with Gasteiger partial charge in [-0.2, -0.15) is 0 Å². The summed E-state index contributed by atoms with van der Waals surface area (Å²) in [6, 6.07) is 9.06. The fourth-order valence-electron chi connectivity index (χ4n) is 1.78. The van der Waals surface area contributed by atoms with E-state index >= 15 is 0 Å². The second kappa shape index (κ2) is 9.20. The highest BCUT2D eigenvalue weighted by atomic mass is 28.4. The van der Waals surface area contributed by atoms with Gasteiger partial charge in [0.05, 0.1) is 32.0 Å². The van der Waals surface area contributed by atoms with Gasteiger partial charge in [-0.1, -0.05) is 56.2 Å². The summed E-state index contributed by atoms with van der Waals surface area (Å²) in [6.07, 6.45) is -0.884. The molecule has 0 amide bonds. The molecular weight excluding hydrogens is 322 g/mol. The topological polar surface area (TPSA) is 87.5 Å². The smallest absolute Gasteiger partial charge is 0.192 e. The van der Waals surface area contributed by atoms with Gasteiger partial charge < -0.3 is 14.3 Å². The molecule has 0 radical (unpaired) electrons. The molecule has 24 heavy (non-hydrogen) atoms. The number of rotatable bonds is 9. The van der Waals surface area contributed by atoms with Crippen LogP contribution in [-0.2, 0) is 15.8 Å². The number of aliphatic hydroxyl groups excluding tert-OH is 1. The van der Waals surface area contributed by atoms with Crippen LogP contribution in [0.4, 0.5) is 0 Å². The van der Waals surface area contributed by atoms with Gasteiger partial charge in [-0.25, -0.2) is 0 Å². The van der Waals surface area contributed by atoms with Gasteiger partial charge >= 0.3 is 0 Å². The lowest BCUT2D eigenvalue weighted by molar-refractivity contribution is 0.0294. The first kappa shape index (κ1) is 20.7. The molecular formula is C17H29N3O3Si. The molecule has 7 heteroatoms. The summed E-state index contributed by atoms with van der Waals surface area (Å²) < 4.78 is 11.6. The number of ether oxygens (including phenoxy) is 1. The first-order chi connectivity index (χ1) is 11.2. The second-order valence-electron chi connectivity index (χ2n) is 7.41. The maximum Gasteiger partial charge on any atom is 0.192 e. The van der Waals surface area contributed by atoms with Crippen molar-refractivity contribution in [2.45, 2.75) is 57.7 Å². The summed E-state index contributed by atoms with van der Waals surface area (Å²) in [5, 5.41) is 14.0. The zero-order valence-corrected chi connectivity index (χ0v) is 16.3. The number of hydrogen-bond acceptors (Lipinski definition) is 4. The van der Waals surface area contributed by atoms with Crippen molar-refractivity contribution < 1.29 is 14.3 Å². The predicted molar refractivity (Wildman–Crippen MR) is 98.2 cm³/mol. The molecule has 0 fully saturated rings. The molecule has 0 saturated heterocycles. The van der Waals surface area contributed by atoms with Gasteiger partial charge in [0.2, 0.25) is 0 Å². The standard InChI is InChI=1S/C17H29N3O3Si/c1-17(2,3)24(4,5)23-13-16(21)15(19-20-18)12-22-11-14-9-7-6-8-10-14/h6-10,15-16,21H,11-13H2,1-5H3/t15-,16-/m0/s1. The van der Waals surface area contributed by atoms with E-state index in [1.807, 2.05) is 30.3 Å². The Kier molecular flexibility index (Phi) is 7.92. The fourth-order valence-corrected chi connectivity index (χ4v) is 2.80. The van der Waals surface area contributed by atoms with E-state index in [1.165, 1.54) is 0 Å². The van der Waals surface area contributed by atoms with Crippen LogP contribution in [0.2, 0.25) is 18.1 Å². The Labute approximate surface area is 145 Å². The van der Waals surface area contributed by atoms with Crippen molar-refractivity contribution in [2.75, 3.05) is 13.2 Å². The maximum absolute atomic E-state index is 10.3. The Balaban J connectivity index is 2.53. The number of azide groups is 1. The Hall–Kier alpha value is -1.37. The monoisotopic (exact) mass is 351 g/mol. The third-order valence-electron chi connectivity index (χ3n) is 4.47. The van der Waals surface area contributed by atoms with E-state index in [0.29, 0.717) is 6.61 Å². The molecule has 0 aromatic heterocycles. The minimum atomic E-state index is -1.96.